The molecular formula is C24H20ClO2PS. The summed E-state index contributed by atoms with van der Waals surface area (Å²) >= 11 is 12.8. The van der Waals surface area contributed by atoms with E-state index in [0.717, 1.165) is 16.2 Å². The number of carbonyl (C=O) groups is 1. The van der Waals surface area contributed by atoms with Gasteiger partial charge in [0.15, 0.2) is 0 Å². The first kappa shape index (κ1) is 20.1. The number of carbonyl (C=O) groups excluding carboxylic acids is 1. The van der Waals surface area contributed by atoms with Crippen LogP contribution in [0.25, 0.3) is 0 Å². The molecule has 5 heteroatoms. The van der Waals surface area contributed by atoms with E-state index in [2.05, 4.69) is 31.2 Å². The van der Waals surface area contributed by atoms with E-state index in [9.17, 15) is 4.79 Å². The molecule has 0 spiro atoms. The topological polar surface area (TPSA) is 26.3 Å². The summed E-state index contributed by atoms with van der Waals surface area (Å²) in [6.45, 7) is 2.12. The smallest absolute Gasteiger partial charge is 0.331 e. The predicted molar refractivity (Wildman–Crippen MR) is 124 cm³/mol. The van der Waals surface area contributed by atoms with Crippen molar-refractivity contribution < 1.29 is 9.53 Å². The molecule has 0 aliphatic carbocycles. The Morgan fingerprint density at radius 3 is 1.86 bits per heavy atom. The highest BCUT2D eigenvalue weighted by molar-refractivity contribution is 8.22. The molecular weight excluding hydrogens is 419 g/mol. The number of halogens is 1. The van der Waals surface area contributed by atoms with E-state index in [0.29, 0.717) is 5.02 Å². The Bertz CT molecular complexity index is 1050. The molecule has 0 saturated carbocycles. The van der Waals surface area contributed by atoms with Gasteiger partial charge in [-0.3, -0.25) is 0 Å². The molecule has 2 unspecified atom stereocenters. The van der Waals surface area contributed by atoms with Crippen molar-refractivity contribution in [1.29, 1.82) is 0 Å². The molecule has 4 rings (SSSR count). The molecule has 0 aromatic heterocycles. The normalized spacial score (nSPS) is 18.3. The SMILES string of the molecule is CC(c1ccc(Cl)cc1)(C1C=CC(=O)O1)P(=S)(c1ccccc1)c1ccccc1. The lowest BCUT2D eigenvalue weighted by molar-refractivity contribution is -0.139. The van der Waals surface area contributed by atoms with Gasteiger partial charge < -0.3 is 4.74 Å². The number of hydrogen-bond donors (Lipinski definition) is 0. The van der Waals surface area contributed by atoms with E-state index >= 15 is 0 Å². The maximum atomic E-state index is 12.0. The van der Waals surface area contributed by atoms with Crippen LogP contribution in [0.2, 0.25) is 5.02 Å². The molecule has 0 fully saturated rings. The molecule has 29 heavy (non-hydrogen) atoms. The van der Waals surface area contributed by atoms with Crippen molar-refractivity contribution in [3.63, 3.8) is 0 Å². The zero-order valence-corrected chi connectivity index (χ0v) is 18.3. The molecule has 1 aliphatic heterocycles. The first-order valence-corrected chi connectivity index (χ1v) is 12.5. The van der Waals surface area contributed by atoms with Gasteiger partial charge in [0, 0.05) is 17.1 Å². The van der Waals surface area contributed by atoms with Crippen LogP contribution in [-0.4, -0.2) is 12.1 Å². The minimum absolute atomic E-state index is 0.335. The van der Waals surface area contributed by atoms with Gasteiger partial charge in [-0.05, 0) is 41.3 Å². The fourth-order valence-electron chi connectivity index (χ4n) is 3.95. The van der Waals surface area contributed by atoms with Crippen LogP contribution in [0.1, 0.15) is 12.5 Å². The van der Waals surface area contributed by atoms with Gasteiger partial charge in [-0.15, -0.1) is 0 Å². The van der Waals surface area contributed by atoms with Gasteiger partial charge in [-0.25, -0.2) is 4.79 Å². The van der Waals surface area contributed by atoms with Gasteiger partial charge >= 0.3 is 5.97 Å². The summed E-state index contributed by atoms with van der Waals surface area (Å²) in [5.41, 5.74) is 1.00. The summed E-state index contributed by atoms with van der Waals surface area (Å²) < 4.78 is 5.78. The van der Waals surface area contributed by atoms with Crippen molar-refractivity contribution in [1.82, 2.24) is 0 Å². The van der Waals surface area contributed by atoms with E-state index in [-0.39, 0.29) is 5.97 Å². The van der Waals surface area contributed by atoms with Gasteiger partial charge in [-0.1, -0.05) is 96.2 Å². The molecule has 0 amide bonds. The minimum Gasteiger partial charge on any atom is -0.454 e. The molecule has 1 heterocycles. The Morgan fingerprint density at radius 2 is 1.41 bits per heavy atom. The Balaban J connectivity index is 2.04. The van der Waals surface area contributed by atoms with Crippen LogP contribution in [0.15, 0.2) is 97.1 Å². The highest BCUT2D eigenvalue weighted by atomic mass is 35.5. The van der Waals surface area contributed by atoms with Crippen molar-refractivity contribution in [3.8, 4) is 0 Å². The van der Waals surface area contributed by atoms with Gasteiger partial charge in [0.2, 0.25) is 0 Å². The highest BCUT2D eigenvalue weighted by Gasteiger charge is 2.51. The third kappa shape index (κ3) is 3.38. The molecule has 0 radical (unpaired) electrons. The summed E-state index contributed by atoms with van der Waals surface area (Å²) in [4.78, 5) is 12.0. The lowest BCUT2D eigenvalue weighted by Gasteiger charge is -2.45. The number of cyclic esters (lactones) is 1. The zero-order valence-electron chi connectivity index (χ0n) is 15.9. The second-order valence-electron chi connectivity index (χ2n) is 7.15. The zero-order chi connectivity index (χ0) is 20.5. The fraction of sp³-hybridized carbons (Fsp3) is 0.125. The molecule has 0 N–H and O–H groups in total. The van der Waals surface area contributed by atoms with E-state index in [1.165, 1.54) is 6.08 Å². The Kier molecular flexibility index (Phi) is 5.48. The summed E-state index contributed by atoms with van der Waals surface area (Å²) in [5.74, 6) is -0.335. The molecule has 2 atom stereocenters. The van der Waals surface area contributed by atoms with Crippen molar-refractivity contribution in [2.24, 2.45) is 0 Å². The summed E-state index contributed by atoms with van der Waals surface area (Å²) in [5, 5.41) is 2.16. The summed E-state index contributed by atoms with van der Waals surface area (Å²) in [7, 11) is 0. The lowest BCUT2D eigenvalue weighted by Crippen LogP contribution is -2.42. The Hall–Kier alpha value is -2.19. The van der Waals surface area contributed by atoms with Crippen molar-refractivity contribution in [3.05, 3.63) is 108 Å². The minimum atomic E-state index is -2.50. The third-order valence-corrected chi connectivity index (χ3v) is 12.1. The number of benzene rings is 3. The van der Waals surface area contributed by atoms with Crippen molar-refractivity contribution >= 4 is 46.0 Å². The molecule has 3 aromatic rings. The van der Waals surface area contributed by atoms with Crippen LogP contribution < -0.4 is 10.6 Å². The van der Waals surface area contributed by atoms with Crippen LogP contribution in [-0.2, 0) is 26.5 Å². The lowest BCUT2D eigenvalue weighted by atomic mass is 9.94. The maximum Gasteiger partial charge on any atom is 0.331 e. The van der Waals surface area contributed by atoms with Gasteiger partial charge in [0.1, 0.15) is 6.10 Å². The highest BCUT2D eigenvalue weighted by Crippen LogP contribution is 2.64. The van der Waals surface area contributed by atoms with Crippen LogP contribution in [0, 0.1) is 0 Å². The van der Waals surface area contributed by atoms with E-state index < -0.39 is 17.3 Å². The van der Waals surface area contributed by atoms with Gasteiger partial charge in [-0.2, -0.15) is 0 Å². The first-order chi connectivity index (χ1) is 14.0. The number of ether oxygens (including phenoxy) is 1. The van der Waals surface area contributed by atoms with E-state index in [1.54, 1.807) is 0 Å². The maximum absolute atomic E-state index is 12.0. The number of rotatable bonds is 5. The largest absolute Gasteiger partial charge is 0.454 e. The first-order valence-electron chi connectivity index (χ1n) is 9.32. The summed E-state index contributed by atoms with van der Waals surface area (Å²) in [6, 6.07) is 25.6. The standard InChI is InChI=1S/C24H20ClO2PS/c1-24(22-16-17-23(26)27-22,18-12-14-19(25)15-13-18)28(29,20-8-4-2-5-9-20)21-10-6-3-7-11-21/h2-17,22H,1H3. The Morgan fingerprint density at radius 1 is 0.897 bits per heavy atom. The molecule has 0 saturated heterocycles. The molecule has 146 valence electrons. The van der Waals surface area contributed by atoms with Crippen LogP contribution in [0.4, 0.5) is 0 Å². The predicted octanol–water partition coefficient (Wildman–Crippen LogP) is 5.17. The van der Waals surface area contributed by atoms with E-state index in [1.807, 2.05) is 66.7 Å². The monoisotopic (exact) mass is 438 g/mol. The average Bonchev–Trinajstić information content (AvgIpc) is 3.21. The van der Waals surface area contributed by atoms with Gasteiger partial charge in [0.05, 0.1) is 5.16 Å². The molecule has 0 bridgehead atoms. The number of esters is 1. The summed E-state index contributed by atoms with van der Waals surface area (Å²) in [6.07, 6.45) is 2.86. The van der Waals surface area contributed by atoms with Crippen molar-refractivity contribution in [2.45, 2.75) is 18.2 Å². The second kappa shape index (κ2) is 7.91. The fourth-order valence-corrected chi connectivity index (χ4v) is 8.99. The molecule has 1 aliphatic rings. The van der Waals surface area contributed by atoms with Crippen molar-refractivity contribution in [2.75, 3.05) is 0 Å². The quantitative estimate of drug-likeness (QED) is 0.406. The molecule has 3 aromatic carbocycles. The Labute approximate surface area is 181 Å². The number of hydrogen-bond acceptors (Lipinski definition) is 3. The van der Waals surface area contributed by atoms with E-state index in [4.69, 9.17) is 28.1 Å². The van der Waals surface area contributed by atoms with Crippen LogP contribution in [0.3, 0.4) is 0 Å². The second-order valence-corrected chi connectivity index (χ2v) is 12.4. The third-order valence-electron chi connectivity index (χ3n) is 5.53. The van der Waals surface area contributed by atoms with Crippen LogP contribution in [0.5, 0.6) is 0 Å². The van der Waals surface area contributed by atoms with Gasteiger partial charge in [0.25, 0.3) is 0 Å². The molecule has 2 nitrogen and oxygen atoms in total. The van der Waals surface area contributed by atoms with Crippen LogP contribution >= 0.6 is 17.6 Å². The average molecular weight is 439 g/mol.